The van der Waals surface area contributed by atoms with Crippen LogP contribution in [0.1, 0.15) is 25.2 Å². The Hall–Kier alpha value is -0.580. The number of nitrogens with two attached hydrogens (primary N) is 1. The number of aromatic nitrogens is 2. The van der Waals surface area contributed by atoms with Crippen molar-refractivity contribution in [3.8, 4) is 0 Å². The van der Waals surface area contributed by atoms with Crippen LogP contribution in [0.15, 0.2) is 5.38 Å². The van der Waals surface area contributed by atoms with Gasteiger partial charge in [-0.2, -0.15) is 0 Å². The van der Waals surface area contributed by atoms with E-state index in [2.05, 4.69) is 35.5 Å². The third kappa shape index (κ3) is 1.97. The fourth-order valence-corrected chi connectivity index (χ4v) is 2.85. The predicted octanol–water partition coefficient (Wildman–Crippen LogP) is 2.88. The molecule has 2 N–H and O–H groups in total. The van der Waals surface area contributed by atoms with Gasteiger partial charge in [-0.25, -0.2) is 4.98 Å². The Morgan fingerprint density at radius 2 is 2.25 bits per heavy atom. The van der Waals surface area contributed by atoms with Crippen molar-refractivity contribution < 1.29 is 0 Å². The van der Waals surface area contributed by atoms with Crippen molar-refractivity contribution in [1.82, 2.24) is 9.38 Å². The zero-order valence-electron chi connectivity index (χ0n) is 9.70. The number of imidazole rings is 1. The lowest BCUT2D eigenvalue weighted by molar-refractivity contribution is 0.485. The average Bonchev–Trinajstić information content (AvgIpc) is 2.69. The monoisotopic (exact) mass is 257 g/mol. The van der Waals surface area contributed by atoms with E-state index in [4.69, 9.17) is 17.3 Å². The van der Waals surface area contributed by atoms with Crippen LogP contribution in [0.2, 0.25) is 5.15 Å². The van der Waals surface area contributed by atoms with Crippen molar-refractivity contribution in [1.29, 1.82) is 0 Å². The summed E-state index contributed by atoms with van der Waals surface area (Å²) < 4.78 is 2.11. The second-order valence-corrected chi connectivity index (χ2v) is 5.65. The summed E-state index contributed by atoms with van der Waals surface area (Å²) in [6.45, 7) is 6.31. The summed E-state index contributed by atoms with van der Waals surface area (Å²) in [4.78, 5) is 5.29. The predicted molar refractivity (Wildman–Crippen MR) is 69.3 cm³/mol. The Morgan fingerprint density at radius 1 is 1.56 bits per heavy atom. The highest BCUT2D eigenvalue weighted by Gasteiger charge is 2.17. The smallest absolute Gasteiger partial charge is 0.195 e. The van der Waals surface area contributed by atoms with E-state index in [9.17, 15) is 0 Å². The first kappa shape index (κ1) is 11.9. The molecule has 0 spiro atoms. The van der Waals surface area contributed by atoms with Crippen LogP contribution >= 0.6 is 22.9 Å². The quantitative estimate of drug-likeness (QED) is 0.919. The van der Waals surface area contributed by atoms with E-state index < -0.39 is 0 Å². The van der Waals surface area contributed by atoms with Crippen molar-refractivity contribution in [2.75, 3.05) is 0 Å². The van der Waals surface area contributed by atoms with Crippen molar-refractivity contribution in [3.63, 3.8) is 0 Å². The standard InChI is InChI=1S/C11H16ClN3S/c1-6(2)8(13)4-9-10(12)14-11-15(9)7(3)5-16-11/h5-6,8H,4,13H2,1-3H3. The van der Waals surface area contributed by atoms with Gasteiger partial charge in [0.05, 0.1) is 5.69 Å². The van der Waals surface area contributed by atoms with Crippen LogP contribution in [0.4, 0.5) is 0 Å². The van der Waals surface area contributed by atoms with Gasteiger partial charge in [0.1, 0.15) is 0 Å². The molecule has 0 amide bonds. The van der Waals surface area contributed by atoms with Crippen LogP contribution in [-0.4, -0.2) is 15.4 Å². The van der Waals surface area contributed by atoms with Crippen molar-refractivity contribution >= 4 is 27.9 Å². The maximum atomic E-state index is 6.15. The molecule has 0 aromatic carbocycles. The highest BCUT2D eigenvalue weighted by Crippen LogP contribution is 2.25. The molecule has 2 aromatic rings. The molecule has 0 radical (unpaired) electrons. The lowest BCUT2D eigenvalue weighted by Gasteiger charge is -2.15. The summed E-state index contributed by atoms with van der Waals surface area (Å²) in [5, 5.41) is 2.68. The van der Waals surface area contributed by atoms with Gasteiger partial charge in [0.2, 0.25) is 0 Å². The maximum absolute atomic E-state index is 6.15. The van der Waals surface area contributed by atoms with Gasteiger partial charge in [0, 0.05) is 23.5 Å². The molecule has 1 atom stereocenters. The Labute approximate surface area is 104 Å². The molecule has 16 heavy (non-hydrogen) atoms. The topological polar surface area (TPSA) is 43.3 Å². The SMILES string of the molecule is Cc1csc2nc(Cl)c(CC(N)C(C)C)n12. The first-order valence-electron chi connectivity index (χ1n) is 5.37. The van der Waals surface area contributed by atoms with Crippen molar-refractivity contribution in [2.24, 2.45) is 11.7 Å². The van der Waals surface area contributed by atoms with E-state index in [0.717, 1.165) is 17.1 Å². The summed E-state index contributed by atoms with van der Waals surface area (Å²) in [5.41, 5.74) is 8.30. The molecule has 0 fully saturated rings. The molecule has 0 bridgehead atoms. The zero-order valence-corrected chi connectivity index (χ0v) is 11.3. The Balaban J connectivity index is 2.42. The van der Waals surface area contributed by atoms with Crippen molar-refractivity contribution in [2.45, 2.75) is 33.2 Å². The molecule has 2 rings (SSSR count). The van der Waals surface area contributed by atoms with Gasteiger partial charge in [0.25, 0.3) is 0 Å². The van der Waals surface area contributed by atoms with Gasteiger partial charge < -0.3 is 5.73 Å². The van der Waals surface area contributed by atoms with Gasteiger partial charge in [-0.3, -0.25) is 4.40 Å². The minimum Gasteiger partial charge on any atom is -0.327 e. The number of halogens is 1. The summed E-state index contributed by atoms with van der Waals surface area (Å²) in [6.07, 6.45) is 0.773. The minimum atomic E-state index is 0.122. The first-order valence-corrected chi connectivity index (χ1v) is 6.63. The van der Waals surface area contributed by atoms with Crippen LogP contribution < -0.4 is 5.73 Å². The molecular formula is C11H16ClN3S. The first-order chi connectivity index (χ1) is 7.50. The molecule has 0 saturated heterocycles. The van der Waals surface area contributed by atoms with E-state index in [1.807, 2.05) is 0 Å². The van der Waals surface area contributed by atoms with Crippen LogP contribution in [0.5, 0.6) is 0 Å². The van der Waals surface area contributed by atoms with E-state index in [1.165, 1.54) is 5.69 Å². The number of thiazole rings is 1. The van der Waals surface area contributed by atoms with Gasteiger partial charge in [0.15, 0.2) is 10.1 Å². The lowest BCUT2D eigenvalue weighted by Crippen LogP contribution is -2.29. The van der Waals surface area contributed by atoms with Crippen LogP contribution in [0.25, 0.3) is 4.96 Å². The van der Waals surface area contributed by atoms with Crippen LogP contribution in [0.3, 0.4) is 0 Å². The number of hydrogen-bond donors (Lipinski definition) is 1. The molecule has 3 nitrogen and oxygen atoms in total. The van der Waals surface area contributed by atoms with Crippen LogP contribution in [-0.2, 0) is 6.42 Å². The number of rotatable bonds is 3. The molecule has 0 aliphatic heterocycles. The molecule has 0 aliphatic rings. The minimum absolute atomic E-state index is 0.122. The third-order valence-corrected chi connectivity index (χ3v) is 4.11. The van der Waals surface area contributed by atoms with E-state index in [-0.39, 0.29) is 6.04 Å². The average molecular weight is 258 g/mol. The molecule has 88 valence electrons. The molecule has 0 aliphatic carbocycles. The normalized spacial score (nSPS) is 13.9. The largest absolute Gasteiger partial charge is 0.327 e. The molecule has 2 heterocycles. The number of hydrogen-bond acceptors (Lipinski definition) is 3. The maximum Gasteiger partial charge on any atom is 0.195 e. The fourth-order valence-electron chi connectivity index (χ4n) is 1.67. The molecule has 0 saturated carbocycles. The Morgan fingerprint density at radius 3 is 2.88 bits per heavy atom. The Kier molecular flexibility index (Phi) is 3.24. The molecule has 2 aromatic heterocycles. The fraction of sp³-hybridized carbons (Fsp3) is 0.545. The van der Waals surface area contributed by atoms with E-state index in [1.54, 1.807) is 11.3 Å². The second-order valence-electron chi connectivity index (χ2n) is 4.46. The summed E-state index contributed by atoms with van der Waals surface area (Å²) >= 11 is 7.76. The van der Waals surface area contributed by atoms with E-state index in [0.29, 0.717) is 11.1 Å². The van der Waals surface area contributed by atoms with Crippen LogP contribution in [0, 0.1) is 12.8 Å². The lowest BCUT2D eigenvalue weighted by atomic mass is 10.0. The number of nitrogens with zero attached hydrogens (tertiary/aromatic N) is 2. The molecule has 5 heteroatoms. The summed E-state index contributed by atoms with van der Waals surface area (Å²) in [7, 11) is 0. The van der Waals surface area contributed by atoms with Gasteiger partial charge in [-0.05, 0) is 12.8 Å². The molecular weight excluding hydrogens is 242 g/mol. The second kappa shape index (κ2) is 4.35. The number of aryl methyl sites for hydroxylation is 1. The highest BCUT2D eigenvalue weighted by molar-refractivity contribution is 7.15. The molecule has 1 unspecified atom stereocenters. The zero-order chi connectivity index (χ0) is 11.9. The van der Waals surface area contributed by atoms with Gasteiger partial charge in [-0.15, -0.1) is 11.3 Å². The van der Waals surface area contributed by atoms with Gasteiger partial charge >= 0.3 is 0 Å². The Bertz CT molecular complexity index is 501. The van der Waals surface area contributed by atoms with Gasteiger partial charge in [-0.1, -0.05) is 25.4 Å². The third-order valence-electron chi connectivity index (χ3n) is 2.87. The summed E-state index contributed by atoms with van der Waals surface area (Å²) in [5.74, 6) is 0.445. The van der Waals surface area contributed by atoms with Crippen molar-refractivity contribution in [3.05, 3.63) is 21.9 Å². The summed E-state index contributed by atoms with van der Waals surface area (Å²) in [6, 6.07) is 0.122. The highest BCUT2D eigenvalue weighted by atomic mass is 35.5. The number of fused-ring (bicyclic) bond motifs is 1. The van der Waals surface area contributed by atoms with E-state index >= 15 is 0 Å².